The Morgan fingerprint density at radius 2 is 2.15 bits per heavy atom. The maximum atomic E-state index is 13.3. The average molecular weight is 338 g/mol. The molecule has 2 N–H and O–H groups in total. The first-order chi connectivity index (χ1) is 9.61. The Kier molecular flexibility index (Phi) is 3.63. The van der Waals surface area contributed by atoms with Crippen LogP contribution in [0.4, 0.5) is 4.39 Å². The number of rotatable bonds is 3. The van der Waals surface area contributed by atoms with Crippen LogP contribution in [0.3, 0.4) is 0 Å². The Morgan fingerprint density at radius 1 is 1.30 bits per heavy atom. The molecule has 0 spiro atoms. The predicted octanol–water partition coefficient (Wildman–Crippen LogP) is 3.56. The van der Waals surface area contributed by atoms with Gasteiger partial charge in [-0.2, -0.15) is 0 Å². The van der Waals surface area contributed by atoms with Crippen LogP contribution in [-0.2, 0) is 6.61 Å². The van der Waals surface area contributed by atoms with Gasteiger partial charge in [0, 0.05) is 16.1 Å². The molecule has 1 atom stereocenters. The molecule has 2 aromatic rings. The van der Waals surface area contributed by atoms with Crippen molar-refractivity contribution >= 4 is 15.9 Å². The van der Waals surface area contributed by atoms with Gasteiger partial charge in [-0.1, -0.05) is 15.9 Å². The van der Waals surface area contributed by atoms with Crippen molar-refractivity contribution in [2.24, 2.45) is 5.73 Å². The number of halogens is 2. The molecule has 1 unspecified atom stereocenters. The Balaban J connectivity index is 1.72. The molecule has 0 fully saturated rings. The van der Waals surface area contributed by atoms with E-state index < -0.39 is 0 Å². The first kappa shape index (κ1) is 13.4. The fraction of sp³-hybridized carbons (Fsp3) is 0.200. The SMILES string of the molecule is NC1COc2cc(OCc3cc(F)cc(Br)c3)ccc21. The molecule has 0 amide bonds. The van der Waals surface area contributed by atoms with E-state index >= 15 is 0 Å². The highest BCUT2D eigenvalue weighted by Crippen LogP contribution is 2.34. The van der Waals surface area contributed by atoms with Crippen LogP contribution in [0, 0.1) is 5.82 Å². The third-order valence-electron chi connectivity index (χ3n) is 3.13. The third kappa shape index (κ3) is 2.78. The van der Waals surface area contributed by atoms with Gasteiger partial charge in [-0.25, -0.2) is 4.39 Å². The van der Waals surface area contributed by atoms with Crippen LogP contribution in [0.5, 0.6) is 11.5 Å². The van der Waals surface area contributed by atoms with Crippen molar-refractivity contribution in [2.75, 3.05) is 6.61 Å². The summed E-state index contributed by atoms with van der Waals surface area (Å²) in [6.45, 7) is 0.789. The Hall–Kier alpha value is -1.59. The second kappa shape index (κ2) is 5.42. The standard InChI is InChI=1S/C15H13BrFNO2/c16-10-3-9(4-11(17)5-10)7-19-12-1-2-13-14(18)8-20-15(13)6-12/h1-6,14H,7-8,18H2. The fourth-order valence-electron chi connectivity index (χ4n) is 2.17. The van der Waals surface area contributed by atoms with E-state index in [1.807, 2.05) is 24.3 Å². The molecule has 1 aliphatic heterocycles. The Morgan fingerprint density at radius 3 is 2.95 bits per heavy atom. The summed E-state index contributed by atoms with van der Waals surface area (Å²) in [7, 11) is 0. The van der Waals surface area contributed by atoms with Crippen LogP contribution in [0.1, 0.15) is 17.2 Å². The minimum atomic E-state index is -0.291. The highest BCUT2D eigenvalue weighted by molar-refractivity contribution is 9.10. The second-order valence-corrected chi connectivity index (χ2v) is 5.60. The van der Waals surface area contributed by atoms with Crippen molar-refractivity contribution in [1.82, 2.24) is 0 Å². The lowest BCUT2D eigenvalue weighted by Gasteiger charge is -2.08. The third-order valence-corrected chi connectivity index (χ3v) is 3.59. The molecule has 20 heavy (non-hydrogen) atoms. The van der Waals surface area contributed by atoms with Gasteiger partial charge in [0.25, 0.3) is 0 Å². The van der Waals surface area contributed by atoms with Crippen LogP contribution in [0.15, 0.2) is 40.9 Å². The summed E-state index contributed by atoms with van der Waals surface area (Å²) in [5.74, 6) is 1.15. The lowest BCUT2D eigenvalue weighted by molar-refractivity contribution is 0.300. The number of hydrogen-bond acceptors (Lipinski definition) is 3. The van der Waals surface area contributed by atoms with Crippen LogP contribution in [0.25, 0.3) is 0 Å². The second-order valence-electron chi connectivity index (χ2n) is 4.68. The molecule has 5 heteroatoms. The lowest BCUT2D eigenvalue weighted by atomic mass is 10.1. The molecule has 0 aliphatic carbocycles. The van der Waals surface area contributed by atoms with Crippen molar-refractivity contribution in [2.45, 2.75) is 12.6 Å². The molecule has 0 saturated carbocycles. The van der Waals surface area contributed by atoms with E-state index in [2.05, 4.69) is 15.9 Å². The summed E-state index contributed by atoms with van der Waals surface area (Å²) in [6, 6.07) is 10.2. The molecule has 0 radical (unpaired) electrons. The number of fused-ring (bicyclic) bond motifs is 1. The van der Waals surface area contributed by atoms with E-state index in [1.165, 1.54) is 12.1 Å². The number of ether oxygens (including phenoxy) is 2. The van der Waals surface area contributed by atoms with Gasteiger partial charge >= 0.3 is 0 Å². The summed E-state index contributed by atoms with van der Waals surface area (Å²) in [5, 5.41) is 0. The molecule has 0 bridgehead atoms. The van der Waals surface area contributed by atoms with E-state index in [4.69, 9.17) is 15.2 Å². The number of nitrogens with two attached hydrogens (primary N) is 1. The zero-order valence-corrected chi connectivity index (χ0v) is 12.2. The molecular weight excluding hydrogens is 325 g/mol. The fourth-order valence-corrected chi connectivity index (χ4v) is 2.68. The minimum absolute atomic E-state index is 0.0711. The molecule has 3 rings (SSSR count). The summed E-state index contributed by atoms with van der Waals surface area (Å²) < 4.78 is 25.1. The first-order valence-corrected chi connectivity index (χ1v) is 7.01. The highest BCUT2D eigenvalue weighted by Gasteiger charge is 2.20. The Labute approximate surface area is 124 Å². The van der Waals surface area contributed by atoms with Crippen molar-refractivity contribution in [1.29, 1.82) is 0 Å². The maximum Gasteiger partial charge on any atom is 0.127 e. The van der Waals surface area contributed by atoms with E-state index in [0.717, 1.165) is 16.9 Å². The molecule has 3 nitrogen and oxygen atoms in total. The van der Waals surface area contributed by atoms with Crippen LogP contribution in [0.2, 0.25) is 0 Å². The molecule has 1 aliphatic rings. The van der Waals surface area contributed by atoms with Gasteiger partial charge in [0.05, 0.1) is 6.04 Å². The molecule has 0 saturated heterocycles. The maximum absolute atomic E-state index is 13.3. The number of benzene rings is 2. The van der Waals surface area contributed by atoms with Gasteiger partial charge in [0.2, 0.25) is 0 Å². The monoisotopic (exact) mass is 337 g/mol. The molecule has 1 heterocycles. The highest BCUT2D eigenvalue weighted by atomic mass is 79.9. The zero-order valence-electron chi connectivity index (χ0n) is 10.6. The molecule has 0 aromatic heterocycles. The minimum Gasteiger partial charge on any atom is -0.491 e. The topological polar surface area (TPSA) is 44.5 Å². The van der Waals surface area contributed by atoms with Crippen molar-refractivity contribution in [3.8, 4) is 11.5 Å². The van der Waals surface area contributed by atoms with E-state index in [1.54, 1.807) is 0 Å². The van der Waals surface area contributed by atoms with Crippen molar-refractivity contribution in [3.05, 3.63) is 57.8 Å². The van der Waals surface area contributed by atoms with E-state index in [0.29, 0.717) is 23.4 Å². The Bertz CT molecular complexity index is 628. The molecule has 2 aromatic carbocycles. The summed E-state index contributed by atoms with van der Waals surface area (Å²) >= 11 is 3.26. The van der Waals surface area contributed by atoms with Crippen molar-refractivity contribution < 1.29 is 13.9 Å². The quantitative estimate of drug-likeness (QED) is 0.931. The summed E-state index contributed by atoms with van der Waals surface area (Å²) in [4.78, 5) is 0. The van der Waals surface area contributed by atoms with Gasteiger partial charge in [0.1, 0.15) is 30.5 Å². The predicted molar refractivity (Wildman–Crippen MR) is 77.3 cm³/mol. The van der Waals surface area contributed by atoms with E-state index in [9.17, 15) is 4.39 Å². The average Bonchev–Trinajstić information content (AvgIpc) is 2.77. The van der Waals surface area contributed by atoms with Gasteiger partial charge in [0.15, 0.2) is 0 Å². The van der Waals surface area contributed by atoms with Crippen molar-refractivity contribution in [3.63, 3.8) is 0 Å². The zero-order chi connectivity index (χ0) is 14.1. The lowest BCUT2D eigenvalue weighted by Crippen LogP contribution is -2.10. The smallest absolute Gasteiger partial charge is 0.127 e. The van der Waals surface area contributed by atoms with Gasteiger partial charge in [-0.15, -0.1) is 0 Å². The largest absolute Gasteiger partial charge is 0.491 e. The summed E-state index contributed by atoms with van der Waals surface area (Å²) in [5.41, 5.74) is 7.63. The van der Waals surface area contributed by atoms with Crippen LogP contribution in [-0.4, -0.2) is 6.61 Å². The molecule has 104 valence electrons. The molecular formula is C15H13BrFNO2. The van der Waals surface area contributed by atoms with Gasteiger partial charge in [-0.3, -0.25) is 0 Å². The van der Waals surface area contributed by atoms with E-state index in [-0.39, 0.29) is 11.9 Å². The van der Waals surface area contributed by atoms with Crippen LogP contribution >= 0.6 is 15.9 Å². The first-order valence-electron chi connectivity index (χ1n) is 6.22. The summed E-state index contributed by atoms with van der Waals surface area (Å²) in [6.07, 6.45) is 0. The van der Waals surface area contributed by atoms with Crippen LogP contribution < -0.4 is 15.2 Å². The van der Waals surface area contributed by atoms with Gasteiger partial charge in [-0.05, 0) is 35.9 Å². The van der Waals surface area contributed by atoms with Gasteiger partial charge < -0.3 is 15.2 Å². The normalized spacial score (nSPS) is 16.6. The number of hydrogen-bond donors (Lipinski definition) is 1.